The second-order valence-corrected chi connectivity index (χ2v) is 5.99. The molecule has 1 saturated heterocycles. The van der Waals surface area contributed by atoms with Crippen LogP contribution in [0.3, 0.4) is 0 Å². The highest BCUT2D eigenvalue weighted by Crippen LogP contribution is 2.33. The Bertz CT molecular complexity index is 504. The summed E-state index contributed by atoms with van der Waals surface area (Å²) >= 11 is 1.11. The maximum absolute atomic E-state index is 11.4. The van der Waals surface area contributed by atoms with E-state index < -0.39 is 47.8 Å². The van der Waals surface area contributed by atoms with Gasteiger partial charge in [0, 0.05) is 20.8 Å². The summed E-state index contributed by atoms with van der Waals surface area (Å²) in [6.07, 6.45) is -3.53. The minimum Gasteiger partial charge on any atom is -0.456 e. The standard InChI is InChI=1S/C14H19NO7S/c1-7-11(20-8(2)16)12(21-9(3)17)13(22-10(4)18)14(19-7)23-6-5-15/h7,11-14H,6H2,1-4H3/t7-,11+,12+,13-,14?/m1/s1. The van der Waals surface area contributed by atoms with Crippen LogP contribution in [-0.2, 0) is 33.3 Å². The van der Waals surface area contributed by atoms with Gasteiger partial charge in [0.05, 0.1) is 17.9 Å². The fourth-order valence-corrected chi connectivity index (χ4v) is 3.12. The van der Waals surface area contributed by atoms with E-state index in [9.17, 15) is 14.4 Å². The number of esters is 3. The monoisotopic (exact) mass is 345 g/mol. The van der Waals surface area contributed by atoms with Crippen LogP contribution in [0.25, 0.3) is 0 Å². The van der Waals surface area contributed by atoms with Crippen molar-refractivity contribution in [3.8, 4) is 6.07 Å². The normalized spacial score (nSPS) is 30.0. The van der Waals surface area contributed by atoms with E-state index in [1.807, 2.05) is 6.07 Å². The molecule has 1 unspecified atom stereocenters. The number of rotatable bonds is 5. The van der Waals surface area contributed by atoms with Gasteiger partial charge in [-0.25, -0.2) is 0 Å². The van der Waals surface area contributed by atoms with Crippen LogP contribution in [0, 0.1) is 11.3 Å². The number of carbonyl (C=O) groups excluding carboxylic acids is 3. The molecule has 1 aliphatic rings. The predicted octanol–water partition coefficient (Wildman–Crippen LogP) is 0.783. The van der Waals surface area contributed by atoms with E-state index in [1.165, 1.54) is 20.8 Å². The van der Waals surface area contributed by atoms with Gasteiger partial charge >= 0.3 is 17.9 Å². The Hall–Kier alpha value is -1.79. The number of hydrogen-bond acceptors (Lipinski definition) is 9. The topological polar surface area (TPSA) is 112 Å². The zero-order valence-electron chi connectivity index (χ0n) is 13.3. The van der Waals surface area contributed by atoms with Crippen LogP contribution in [-0.4, -0.2) is 53.5 Å². The number of ether oxygens (including phenoxy) is 4. The van der Waals surface area contributed by atoms with Crippen molar-refractivity contribution in [3.05, 3.63) is 0 Å². The fourth-order valence-electron chi connectivity index (χ4n) is 2.22. The third-order valence-corrected chi connectivity index (χ3v) is 3.95. The summed E-state index contributed by atoms with van der Waals surface area (Å²) in [4.78, 5) is 34.1. The van der Waals surface area contributed by atoms with Gasteiger partial charge in [0.25, 0.3) is 0 Å². The molecule has 1 fully saturated rings. The summed E-state index contributed by atoms with van der Waals surface area (Å²) in [6.45, 7) is 5.27. The Labute approximate surface area is 138 Å². The number of nitrogens with zero attached hydrogens (tertiary/aromatic N) is 1. The lowest BCUT2D eigenvalue weighted by Crippen LogP contribution is -2.59. The largest absolute Gasteiger partial charge is 0.456 e. The SMILES string of the molecule is CC(=O)O[C@@H]1[C@H](OC(C)=O)[C@@H](OC(C)=O)C(SCC#N)O[C@@H]1C. The summed E-state index contributed by atoms with van der Waals surface area (Å²) in [5, 5.41) is 8.72. The second-order valence-electron chi connectivity index (χ2n) is 4.90. The highest BCUT2D eigenvalue weighted by Gasteiger charge is 2.50. The van der Waals surface area contributed by atoms with Gasteiger partial charge in [-0.1, -0.05) is 0 Å². The maximum atomic E-state index is 11.4. The van der Waals surface area contributed by atoms with Crippen molar-refractivity contribution in [2.75, 3.05) is 5.75 Å². The molecule has 0 bridgehead atoms. The van der Waals surface area contributed by atoms with E-state index in [0.29, 0.717) is 0 Å². The molecule has 5 atom stereocenters. The lowest BCUT2D eigenvalue weighted by Gasteiger charge is -2.43. The van der Waals surface area contributed by atoms with Gasteiger partial charge < -0.3 is 18.9 Å². The van der Waals surface area contributed by atoms with Crippen molar-refractivity contribution in [3.63, 3.8) is 0 Å². The van der Waals surface area contributed by atoms with Crippen molar-refractivity contribution < 1.29 is 33.3 Å². The molecule has 0 aromatic heterocycles. The summed E-state index contributed by atoms with van der Waals surface area (Å²) in [7, 11) is 0. The summed E-state index contributed by atoms with van der Waals surface area (Å²) < 4.78 is 21.3. The van der Waals surface area contributed by atoms with Crippen LogP contribution < -0.4 is 0 Å². The first-order valence-corrected chi connectivity index (χ1v) is 7.96. The second kappa shape index (κ2) is 8.74. The minimum absolute atomic E-state index is 0.0974. The third kappa shape index (κ3) is 5.73. The molecule has 0 radical (unpaired) electrons. The average Bonchev–Trinajstić information content (AvgIpc) is 2.42. The first-order chi connectivity index (χ1) is 10.8. The molecule has 0 saturated carbocycles. The van der Waals surface area contributed by atoms with Gasteiger partial charge in [0.1, 0.15) is 5.44 Å². The predicted molar refractivity (Wildman–Crippen MR) is 79.1 cm³/mol. The van der Waals surface area contributed by atoms with E-state index in [2.05, 4.69) is 0 Å². The first-order valence-electron chi connectivity index (χ1n) is 6.92. The van der Waals surface area contributed by atoms with Gasteiger partial charge in [-0.05, 0) is 6.92 Å². The lowest BCUT2D eigenvalue weighted by atomic mass is 10.00. The number of nitriles is 1. The Morgan fingerprint density at radius 2 is 1.48 bits per heavy atom. The van der Waals surface area contributed by atoms with Crippen LogP contribution >= 0.6 is 11.8 Å². The summed E-state index contributed by atoms with van der Waals surface area (Å²) in [5.74, 6) is -1.69. The molecule has 0 aromatic rings. The highest BCUT2D eigenvalue weighted by atomic mass is 32.2. The molecule has 0 aromatic carbocycles. The Morgan fingerprint density at radius 1 is 1.00 bits per heavy atom. The van der Waals surface area contributed by atoms with Gasteiger partial charge in [0.15, 0.2) is 18.3 Å². The number of carbonyl (C=O) groups is 3. The van der Waals surface area contributed by atoms with E-state index in [4.69, 9.17) is 24.2 Å². The maximum Gasteiger partial charge on any atom is 0.303 e. The molecule has 8 nitrogen and oxygen atoms in total. The van der Waals surface area contributed by atoms with E-state index in [-0.39, 0.29) is 5.75 Å². The highest BCUT2D eigenvalue weighted by molar-refractivity contribution is 8.00. The Balaban J connectivity index is 3.11. The van der Waals surface area contributed by atoms with Gasteiger partial charge in [-0.3, -0.25) is 14.4 Å². The molecular formula is C14H19NO7S. The molecule has 0 aliphatic carbocycles. The zero-order chi connectivity index (χ0) is 17.6. The molecule has 9 heteroatoms. The molecule has 0 N–H and O–H groups in total. The van der Waals surface area contributed by atoms with Gasteiger partial charge in [-0.15, -0.1) is 11.8 Å². The van der Waals surface area contributed by atoms with Crippen LogP contribution in [0.15, 0.2) is 0 Å². The lowest BCUT2D eigenvalue weighted by molar-refractivity contribution is -0.228. The fraction of sp³-hybridized carbons (Fsp3) is 0.714. The molecule has 1 rings (SSSR count). The van der Waals surface area contributed by atoms with Crippen molar-refractivity contribution in [1.29, 1.82) is 5.26 Å². The van der Waals surface area contributed by atoms with Crippen LogP contribution in [0.5, 0.6) is 0 Å². The zero-order valence-corrected chi connectivity index (χ0v) is 14.1. The van der Waals surface area contributed by atoms with Crippen LogP contribution in [0.2, 0.25) is 0 Å². The third-order valence-electron chi connectivity index (χ3n) is 2.95. The quantitative estimate of drug-likeness (QED) is 0.527. The van der Waals surface area contributed by atoms with E-state index >= 15 is 0 Å². The number of hydrogen-bond donors (Lipinski definition) is 0. The van der Waals surface area contributed by atoms with Crippen LogP contribution in [0.4, 0.5) is 0 Å². The molecule has 0 amide bonds. The average molecular weight is 345 g/mol. The molecule has 128 valence electrons. The van der Waals surface area contributed by atoms with Crippen molar-refractivity contribution in [2.45, 2.75) is 57.5 Å². The molecule has 23 heavy (non-hydrogen) atoms. The van der Waals surface area contributed by atoms with Crippen molar-refractivity contribution in [2.24, 2.45) is 0 Å². The van der Waals surface area contributed by atoms with Crippen molar-refractivity contribution >= 4 is 29.7 Å². The smallest absolute Gasteiger partial charge is 0.303 e. The molecule has 1 heterocycles. The van der Waals surface area contributed by atoms with Crippen LogP contribution in [0.1, 0.15) is 27.7 Å². The minimum atomic E-state index is -1.01. The first kappa shape index (κ1) is 19.3. The van der Waals surface area contributed by atoms with Gasteiger partial charge in [0.2, 0.25) is 0 Å². The van der Waals surface area contributed by atoms with E-state index in [0.717, 1.165) is 11.8 Å². The molecule has 0 spiro atoms. The Morgan fingerprint density at radius 3 is 1.96 bits per heavy atom. The van der Waals surface area contributed by atoms with Crippen molar-refractivity contribution in [1.82, 2.24) is 0 Å². The molecular weight excluding hydrogens is 326 g/mol. The molecule has 1 aliphatic heterocycles. The van der Waals surface area contributed by atoms with E-state index in [1.54, 1.807) is 6.92 Å². The summed E-state index contributed by atoms with van der Waals surface area (Å²) in [5.41, 5.74) is -0.718. The number of thioether (sulfide) groups is 1. The Kier molecular flexibility index (Phi) is 7.32. The summed E-state index contributed by atoms with van der Waals surface area (Å²) in [6, 6.07) is 1.95. The van der Waals surface area contributed by atoms with Gasteiger partial charge in [-0.2, -0.15) is 5.26 Å².